The van der Waals surface area contributed by atoms with Crippen LogP contribution in [0.1, 0.15) is 6.92 Å². The third-order valence-electron chi connectivity index (χ3n) is 0.982. The predicted molar refractivity (Wildman–Crippen MR) is 29.0 cm³/mol. The molecule has 59 valence electrons. The fourth-order valence-corrected chi connectivity index (χ4v) is 0.435. The lowest BCUT2D eigenvalue weighted by molar-refractivity contribution is -0.122. The monoisotopic (exact) mass is 154 g/mol. The standard InChI is InChI=1S/C5H7F3NO/c1-2-9(4-10)5(7,8)3-6/h2-3H2,1H3. The smallest absolute Gasteiger partial charge is 0.273 e. The molecule has 5 heteroatoms. The first kappa shape index (κ1) is 9.26. The summed E-state index contributed by atoms with van der Waals surface area (Å²) in [5.74, 6) is 0. The number of rotatable bonds is 4. The van der Waals surface area contributed by atoms with Gasteiger partial charge in [-0.2, -0.15) is 8.78 Å². The number of carbonyl (C=O) groups excluding carboxylic acids is 1. The molecule has 2 nitrogen and oxygen atoms in total. The molecule has 0 N–H and O–H groups in total. The number of nitrogens with zero attached hydrogens (tertiary/aromatic N) is 1. The van der Waals surface area contributed by atoms with Crippen LogP contribution in [0.5, 0.6) is 0 Å². The Balaban J connectivity index is 4.10. The van der Waals surface area contributed by atoms with Crippen molar-refractivity contribution in [3.05, 3.63) is 0 Å². The number of alkyl halides is 3. The maximum Gasteiger partial charge on any atom is 0.356 e. The van der Waals surface area contributed by atoms with E-state index in [-0.39, 0.29) is 11.4 Å². The highest BCUT2D eigenvalue weighted by atomic mass is 19.3. The normalized spacial score (nSPS) is 11.2. The van der Waals surface area contributed by atoms with Crippen LogP contribution < -0.4 is 0 Å². The van der Waals surface area contributed by atoms with Crippen molar-refractivity contribution in [1.82, 2.24) is 4.90 Å². The minimum Gasteiger partial charge on any atom is -0.273 e. The average Bonchev–Trinajstić information content (AvgIpc) is 1.90. The lowest BCUT2D eigenvalue weighted by Crippen LogP contribution is -2.42. The molecule has 0 aliphatic rings. The Hall–Kier alpha value is -0.740. The first-order valence-electron chi connectivity index (χ1n) is 2.67. The van der Waals surface area contributed by atoms with E-state index in [1.54, 1.807) is 0 Å². The van der Waals surface area contributed by atoms with Crippen molar-refractivity contribution < 1.29 is 18.0 Å². The predicted octanol–water partition coefficient (Wildman–Crippen LogP) is 0.938. The molecular formula is C5H7F3NO. The highest BCUT2D eigenvalue weighted by Crippen LogP contribution is 2.17. The highest BCUT2D eigenvalue weighted by Gasteiger charge is 2.35. The largest absolute Gasteiger partial charge is 0.356 e. The summed E-state index contributed by atoms with van der Waals surface area (Å²) in [5, 5.41) is 0. The van der Waals surface area contributed by atoms with Gasteiger partial charge in [-0.1, -0.05) is 0 Å². The average molecular weight is 154 g/mol. The first-order chi connectivity index (χ1) is 4.58. The van der Waals surface area contributed by atoms with Crippen LogP contribution in [0.25, 0.3) is 0 Å². The Kier molecular flexibility index (Phi) is 3.18. The van der Waals surface area contributed by atoms with E-state index >= 15 is 0 Å². The summed E-state index contributed by atoms with van der Waals surface area (Å²) >= 11 is 0. The Bertz CT molecular complexity index is 117. The zero-order chi connectivity index (χ0) is 8.20. The van der Waals surface area contributed by atoms with Crippen molar-refractivity contribution in [1.29, 1.82) is 0 Å². The fourth-order valence-electron chi connectivity index (χ4n) is 0.435. The number of hydrogen-bond donors (Lipinski definition) is 0. The van der Waals surface area contributed by atoms with Gasteiger partial charge in [-0.25, -0.2) is 4.39 Å². The Morgan fingerprint density at radius 3 is 2.20 bits per heavy atom. The Labute approximate surface area is 56.6 Å². The molecule has 0 bridgehead atoms. The van der Waals surface area contributed by atoms with Crippen LogP contribution in [0, 0.1) is 0 Å². The lowest BCUT2D eigenvalue weighted by atomic mass is 10.5. The van der Waals surface area contributed by atoms with Gasteiger partial charge in [0.1, 0.15) is 0 Å². The van der Waals surface area contributed by atoms with E-state index in [1.807, 2.05) is 0 Å². The van der Waals surface area contributed by atoms with Gasteiger partial charge in [-0.05, 0) is 6.92 Å². The summed E-state index contributed by atoms with van der Waals surface area (Å²) < 4.78 is 35.6. The first-order valence-corrected chi connectivity index (χ1v) is 2.67. The molecule has 0 saturated carbocycles. The molecule has 0 aromatic heterocycles. The minimum absolute atomic E-state index is 0.0208. The van der Waals surface area contributed by atoms with Gasteiger partial charge in [-0.15, -0.1) is 0 Å². The van der Waals surface area contributed by atoms with E-state index in [1.165, 1.54) is 6.92 Å². The molecular weight excluding hydrogens is 147 g/mol. The molecule has 1 amide bonds. The van der Waals surface area contributed by atoms with Crippen LogP contribution in [0.2, 0.25) is 0 Å². The van der Waals surface area contributed by atoms with Crippen LogP contribution in [-0.2, 0) is 4.79 Å². The van der Waals surface area contributed by atoms with Gasteiger partial charge in [0.25, 0.3) is 0 Å². The summed E-state index contributed by atoms with van der Waals surface area (Å²) in [6, 6.07) is -3.70. The van der Waals surface area contributed by atoms with E-state index in [0.717, 1.165) is 6.41 Å². The molecule has 0 aliphatic carbocycles. The molecule has 0 saturated heterocycles. The van der Waals surface area contributed by atoms with Gasteiger partial charge < -0.3 is 0 Å². The van der Waals surface area contributed by atoms with E-state index in [2.05, 4.69) is 0 Å². The molecule has 0 heterocycles. The minimum atomic E-state index is -3.70. The van der Waals surface area contributed by atoms with Crippen LogP contribution in [0.4, 0.5) is 13.2 Å². The molecule has 0 unspecified atom stereocenters. The van der Waals surface area contributed by atoms with E-state index in [0.29, 0.717) is 0 Å². The molecule has 0 atom stereocenters. The molecule has 0 aromatic carbocycles. The van der Waals surface area contributed by atoms with Gasteiger partial charge >= 0.3 is 12.5 Å². The molecule has 10 heavy (non-hydrogen) atoms. The fraction of sp³-hybridized carbons (Fsp3) is 0.800. The van der Waals surface area contributed by atoms with Crippen molar-refractivity contribution in [2.75, 3.05) is 13.2 Å². The second-order valence-corrected chi connectivity index (χ2v) is 1.64. The van der Waals surface area contributed by atoms with E-state index in [4.69, 9.17) is 0 Å². The summed E-state index contributed by atoms with van der Waals surface area (Å²) in [6.07, 6.45) is 0.936. The van der Waals surface area contributed by atoms with Crippen molar-refractivity contribution in [2.24, 2.45) is 0 Å². The van der Waals surface area contributed by atoms with Gasteiger partial charge in [-0.3, -0.25) is 9.69 Å². The summed E-state index contributed by atoms with van der Waals surface area (Å²) in [4.78, 5) is 9.68. The number of amides is 1. The van der Waals surface area contributed by atoms with Crippen LogP contribution in [0.15, 0.2) is 0 Å². The van der Waals surface area contributed by atoms with Gasteiger partial charge in [0.05, 0.1) is 0 Å². The molecule has 1 radical (unpaired) electrons. The Morgan fingerprint density at radius 2 is 2.10 bits per heavy atom. The van der Waals surface area contributed by atoms with Gasteiger partial charge in [0.2, 0.25) is 0 Å². The van der Waals surface area contributed by atoms with Crippen LogP contribution in [-0.4, -0.2) is 30.6 Å². The highest BCUT2D eigenvalue weighted by molar-refractivity contribution is 5.48. The second-order valence-electron chi connectivity index (χ2n) is 1.64. The van der Waals surface area contributed by atoms with E-state index < -0.39 is 12.7 Å². The number of halogens is 3. The SMILES string of the molecule is CCN([C]=O)C(F)(F)CF. The zero-order valence-corrected chi connectivity index (χ0v) is 5.40. The van der Waals surface area contributed by atoms with Crippen molar-refractivity contribution in [2.45, 2.75) is 13.0 Å². The third-order valence-corrected chi connectivity index (χ3v) is 0.982. The van der Waals surface area contributed by atoms with Gasteiger partial charge in [0.15, 0.2) is 6.67 Å². The molecule has 0 spiro atoms. The topological polar surface area (TPSA) is 20.3 Å². The lowest BCUT2D eigenvalue weighted by Gasteiger charge is -2.22. The molecule has 0 rings (SSSR count). The number of hydrogen-bond acceptors (Lipinski definition) is 1. The maximum absolute atomic E-state index is 12.1. The third kappa shape index (κ3) is 1.89. The summed E-state index contributed by atoms with van der Waals surface area (Å²) in [5.41, 5.74) is 0. The molecule has 0 aliphatic heterocycles. The maximum atomic E-state index is 12.1. The van der Waals surface area contributed by atoms with Crippen molar-refractivity contribution >= 4 is 6.41 Å². The summed E-state index contributed by atoms with van der Waals surface area (Å²) in [7, 11) is 0. The summed E-state index contributed by atoms with van der Waals surface area (Å²) in [6.45, 7) is -0.801. The second kappa shape index (κ2) is 3.43. The molecule has 0 aromatic rings. The quantitative estimate of drug-likeness (QED) is 0.436. The van der Waals surface area contributed by atoms with Crippen molar-refractivity contribution in [3.8, 4) is 0 Å². The molecule has 0 fully saturated rings. The van der Waals surface area contributed by atoms with Gasteiger partial charge in [0, 0.05) is 6.54 Å². The van der Waals surface area contributed by atoms with E-state index in [9.17, 15) is 18.0 Å². The zero-order valence-electron chi connectivity index (χ0n) is 5.40. The van der Waals surface area contributed by atoms with Crippen LogP contribution >= 0.6 is 0 Å². The Morgan fingerprint density at radius 1 is 1.60 bits per heavy atom. The van der Waals surface area contributed by atoms with Crippen LogP contribution in [0.3, 0.4) is 0 Å². The van der Waals surface area contributed by atoms with Crippen molar-refractivity contribution in [3.63, 3.8) is 0 Å².